The molecule has 5 aromatic rings. The van der Waals surface area contributed by atoms with Crippen LogP contribution in [-0.4, -0.2) is 66.2 Å². The van der Waals surface area contributed by atoms with E-state index in [0.717, 1.165) is 61.3 Å². The Morgan fingerprint density at radius 3 is 2.40 bits per heavy atom. The van der Waals surface area contributed by atoms with E-state index in [1.165, 1.54) is 36.7 Å². The van der Waals surface area contributed by atoms with Gasteiger partial charge < -0.3 is 25.6 Å². The number of phenols is 1. The molecule has 1 amide bonds. The number of aromatic nitrogens is 1. The number of carbonyl (C=O) groups is 1. The van der Waals surface area contributed by atoms with Gasteiger partial charge in [-0.2, -0.15) is 0 Å². The number of aromatic amines is 1. The molecule has 2 saturated heterocycles. The smallest absolute Gasteiger partial charge is 0.252 e. The topological polar surface area (TPSA) is 83.6 Å². The summed E-state index contributed by atoms with van der Waals surface area (Å²) in [5, 5.41) is 18.1. The van der Waals surface area contributed by atoms with Crippen LogP contribution in [0.4, 0.5) is 10.1 Å². The number of para-hydroxylation sites is 1. The number of fused-ring (bicyclic) bond motifs is 1. The Hall–Kier alpha value is -4.66. The summed E-state index contributed by atoms with van der Waals surface area (Å²) in [5.41, 5.74) is 5.47. The van der Waals surface area contributed by atoms with Crippen molar-refractivity contribution in [3.63, 3.8) is 0 Å². The molecule has 2 aliphatic heterocycles. The predicted octanol–water partition coefficient (Wildman–Crippen LogP) is 6.07. The van der Waals surface area contributed by atoms with Gasteiger partial charge in [-0.05, 0) is 84.0 Å². The third kappa shape index (κ3) is 6.30. The van der Waals surface area contributed by atoms with Crippen molar-refractivity contribution in [1.82, 2.24) is 20.5 Å². The van der Waals surface area contributed by atoms with Crippen LogP contribution in [0.3, 0.4) is 0 Å². The van der Waals surface area contributed by atoms with Crippen molar-refractivity contribution in [2.75, 3.05) is 44.2 Å². The highest BCUT2D eigenvalue weighted by Crippen LogP contribution is 2.32. The van der Waals surface area contributed by atoms with E-state index in [2.05, 4.69) is 49.7 Å². The van der Waals surface area contributed by atoms with Crippen LogP contribution in [-0.2, 0) is 0 Å². The summed E-state index contributed by atoms with van der Waals surface area (Å²) in [5.74, 6) is -0.914. The van der Waals surface area contributed by atoms with Crippen molar-refractivity contribution in [3.05, 3.63) is 120 Å². The lowest BCUT2D eigenvalue weighted by Crippen LogP contribution is -2.52. The molecule has 45 heavy (non-hydrogen) atoms. The third-order valence-corrected chi connectivity index (χ3v) is 9.26. The average molecular weight is 604 g/mol. The Morgan fingerprint density at radius 1 is 0.844 bits per heavy atom. The Balaban J connectivity index is 1.08. The number of aromatic hydroxyl groups is 1. The van der Waals surface area contributed by atoms with E-state index in [1.54, 1.807) is 6.07 Å². The first-order valence-corrected chi connectivity index (χ1v) is 15.8. The number of piperidine rings is 1. The van der Waals surface area contributed by atoms with Crippen LogP contribution in [0.2, 0.25) is 0 Å². The lowest BCUT2D eigenvalue weighted by molar-refractivity contribution is 0.0942. The monoisotopic (exact) mass is 603 g/mol. The van der Waals surface area contributed by atoms with Gasteiger partial charge in [0.05, 0.1) is 6.04 Å². The van der Waals surface area contributed by atoms with E-state index in [9.17, 15) is 14.3 Å². The second-order valence-corrected chi connectivity index (χ2v) is 12.1. The van der Waals surface area contributed by atoms with Crippen molar-refractivity contribution in [2.24, 2.45) is 0 Å². The van der Waals surface area contributed by atoms with Gasteiger partial charge in [0.25, 0.3) is 5.91 Å². The number of nitrogens with one attached hydrogen (secondary N) is 3. The first-order valence-electron chi connectivity index (χ1n) is 15.8. The van der Waals surface area contributed by atoms with Crippen LogP contribution < -0.4 is 15.5 Å². The van der Waals surface area contributed by atoms with Gasteiger partial charge in [0.2, 0.25) is 0 Å². The maximum atomic E-state index is 14.3. The summed E-state index contributed by atoms with van der Waals surface area (Å²) in [6, 6.07) is 29.4. The zero-order valence-electron chi connectivity index (χ0n) is 25.2. The number of H-pyrrole nitrogens is 1. The molecule has 0 aliphatic carbocycles. The van der Waals surface area contributed by atoms with Gasteiger partial charge in [-0.15, -0.1) is 0 Å². The van der Waals surface area contributed by atoms with Crippen LogP contribution in [0.15, 0.2) is 97.1 Å². The second-order valence-electron chi connectivity index (χ2n) is 12.1. The lowest BCUT2D eigenvalue weighted by Gasteiger charge is -2.41. The third-order valence-electron chi connectivity index (χ3n) is 9.26. The van der Waals surface area contributed by atoms with Gasteiger partial charge in [0.1, 0.15) is 11.6 Å². The molecule has 4 aromatic carbocycles. The molecule has 0 saturated carbocycles. The normalized spacial score (nSPS) is 17.0. The summed E-state index contributed by atoms with van der Waals surface area (Å²) < 4.78 is 14.3. The number of phenolic OH excluding ortho intramolecular Hbond substituents is 1. The molecule has 230 valence electrons. The molecule has 1 aromatic heterocycles. The quantitative estimate of drug-likeness (QED) is 0.182. The maximum Gasteiger partial charge on any atom is 0.252 e. The van der Waals surface area contributed by atoms with E-state index in [1.807, 2.05) is 48.5 Å². The summed E-state index contributed by atoms with van der Waals surface area (Å²) >= 11 is 0. The van der Waals surface area contributed by atoms with Crippen molar-refractivity contribution < 1.29 is 14.3 Å². The number of hydrogen-bond donors (Lipinski definition) is 4. The van der Waals surface area contributed by atoms with E-state index in [4.69, 9.17) is 0 Å². The fraction of sp³-hybridized carbons (Fsp3) is 0.270. The predicted molar refractivity (Wildman–Crippen MR) is 177 cm³/mol. The number of nitrogens with zero attached hydrogens (tertiary/aromatic N) is 2. The largest absolute Gasteiger partial charge is 0.508 e. The Morgan fingerprint density at radius 2 is 1.62 bits per heavy atom. The molecule has 8 heteroatoms. The molecule has 7 rings (SSSR count). The molecule has 2 fully saturated rings. The number of benzene rings is 4. The Labute approximate surface area is 262 Å². The van der Waals surface area contributed by atoms with E-state index >= 15 is 0 Å². The SMILES string of the molecule is O=C(N[C@@H](c1cc2ccccc2[nH]1)c1cc(F)ccc1O)c1cccc(-c2ccc(N3CCC(N4CCNCC4)CC3)cc2)c1. The van der Waals surface area contributed by atoms with E-state index in [-0.39, 0.29) is 17.2 Å². The number of carbonyl (C=O) groups excluding carboxylic acids is 1. The van der Waals surface area contributed by atoms with Crippen molar-refractivity contribution in [2.45, 2.75) is 24.9 Å². The summed E-state index contributed by atoms with van der Waals surface area (Å²) in [6.07, 6.45) is 2.37. The fourth-order valence-electron chi connectivity index (χ4n) is 6.79. The molecule has 3 heterocycles. The molecule has 1 atom stereocenters. The molecular formula is C37H38FN5O2. The highest BCUT2D eigenvalue weighted by atomic mass is 19.1. The van der Waals surface area contributed by atoms with Crippen LogP contribution in [0.25, 0.3) is 22.0 Å². The minimum Gasteiger partial charge on any atom is -0.508 e. The lowest BCUT2D eigenvalue weighted by atomic mass is 9.99. The maximum absolute atomic E-state index is 14.3. The summed E-state index contributed by atoms with van der Waals surface area (Å²) in [4.78, 5) is 22.1. The highest BCUT2D eigenvalue weighted by molar-refractivity contribution is 5.96. The first-order chi connectivity index (χ1) is 22.0. The van der Waals surface area contributed by atoms with Crippen LogP contribution in [0.1, 0.15) is 40.5 Å². The van der Waals surface area contributed by atoms with E-state index in [0.29, 0.717) is 17.3 Å². The number of piperazine rings is 1. The fourth-order valence-corrected chi connectivity index (χ4v) is 6.79. The molecule has 0 spiro atoms. The number of rotatable bonds is 7. The average Bonchev–Trinajstić information content (AvgIpc) is 3.53. The molecule has 0 bridgehead atoms. The minimum absolute atomic E-state index is 0.0952. The molecular weight excluding hydrogens is 565 g/mol. The van der Waals surface area contributed by atoms with Gasteiger partial charge >= 0.3 is 0 Å². The standard InChI is InChI=1S/C37H38FN5O2/c38-29-10-13-35(44)32(24-29)36(34-23-27-4-1-2-7-33(27)40-34)41-37(45)28-6-3-5-26(22-28)25-8-11-30(12-9-25)42-18-14-31(15-19-42)43-20-16-39-17-21-43/h1-13,22-24,31,36,39-40,44H,14-21H2,(H,41,45)/t36-/m1/s1. The molecule has 2 aliphatic rings. The van der Waals surface area contributed by atoms with Gasteiger partial charge in [-0.25, -0.2) is 4.39 Å². The van der Waals surface area contributed by atoms with Crippen LogP contribution in [0.5, 0.6) is 5.75 Å². The molecule has 0 unspecified atom stereocenters. The molecule has 4 N–H and O–H groups in total. The van der Waals surface area contributed by atoms with Crippen molar-refractivity contribution >= 4 is 22.5 Å². The van der Waals surface area contributed by atoms with Gasteiger partial charge in [-0.1, -0.05) is 42.5 Å². The van der Waals surface area contributed by atoms with Crippen LogP contribution in [0, 0.1) is 5.82 Å². The van der Waals surface area contributed by atoms with Gasteiger partial charge in [0.15, 0.2) is 0 Å². The number of halogens is 1. The number of hydrogen-bond acceptors (Lipinski definition) is 5. The number of anilines is 1. The van der Waals surface area contributed by atoms with Gasteiger partial charge in [0, 0.05) is 73.3 Å². The molecule has 0 radical (unpaired) electrons. The highest BCUT2D eigenvalue weighted by Gasteiger charge is 2.26. The van der Waals surface area contributed by atoms with Crippen LogP contribution >= 0.6 is 0 Å². The summed E-state index contributed by atoms with van der Waals surface area (Å²) in [6.45, 7) is 6.59. The Kier molecular flexibility index (Phi) is 8.24. The number of amides is 1. The minimum atomic E-state index is -0.792. The summed E-state index contributed by atoms with van der Waals surface area (Å²) in [7, 11) is 0. The second kappa shape index (κ2) is 12.8. The molecule has 7 nitrogen and oxygen atoms in total. The first kappa shape index (κ1) is 29.1. The van der Waals surface area contributed by atoms with Gasteiger partial charge in [-0.3, -0.25) is 9.69 Å². The van der Waals surface area contributed by atoms with E-state index < -0.39 is 11.9 Å². The van der Waals surface area contributed by atoms with Crippen molar-refractivity contribution in [3.8, 4) is 16.9 Å². The zero-order chi connectivity index (χ0) is 30.8. The van der Waals surface area contributed by atoms with Crippen molar-refractivity contribution in [1.29, 1.82) is 0 Å². The Bertz CT molecular complexity index is 1760. The zero-order valence-corrected chi connectivity index (χ0v) is 25.2.